The average Bonchev–Trinajstić information content (AvgIpc) is 2.79. The summed E-state index contributed by atoms with van der Waals surface area (Å²) in [7, 11) is -3.27. The van der Waals surface area contributed by atoms with E-state index in [9.17, 15) is 8.42 Å². The third kappa shape index (κ3) is 4.23. The highest BCUT2D eigenvalue weighted by Crippen LogP contribution is 2.37. The molecule has 0 saturated carbocycles. The Bertz CT molecular complexity index is 1110. The van der Waals surface area contributed by atoms with Crippen molar-refractivity contribution in [3.8, 4) is 0 Å². The zero-order valence-electron chi connectivity index (χ0n) is 15.7. The van der Waals surface area contributed by atoms with Gasteiger partial charge in [0.25, 0.3) is 0 Å². The molecule has 3 nitrogen and oxygen atoms in total. The molecule has 0 amide bonds. The van der Waals surface area contributed by atoms with Crippen molar-refractivity contribution >= 4 is 27.3 Å². The predicted octanol–water partition coefficient (Wildman–Crippen LogP) is 5.18. The largest absolute Gasteiger partial charge is 0.284 e. The summed E-state index contributed by atoms with van der Waals surface area (Å²) in [4.78, 5) is 0. The summed E-state index contributed by atoms with van der Waals surface area (Å²) < 4.78 is 25.4. The predicted molar refractivity (Wildman–Crippen MR) is 116 cm³/mol. The maximum Gasteiger partial charge on any atom is 0.229 e. The molecule has 0 aromatic heterocycles. The molecule has 0 aliphatic heterocycles. The van der Waals surface area contributed by atoms with Crippen molar-refractivity contribution in [1.82, 2.24) is 0 Å². The lowest BCUT2D eigenvalue weighted by molar-refractivity contribution is 0.607. The molecule has 0 fully saturated rings. The van der Waals surface area contributed by atoms with E-state index in [1.807, 2.05) is 30.3 Å². The van der Waals surface area contributed by atoms with Gasteiger partial charge in [-0.2, -0.15) is 0 Å². The molecule has 28 heavy (non-hydrogen) atoms. The zero-order chi connectivity index (χ0) is 19.7. The summed E-state index contributed by atoms with van der Waals surface area (Å²) in [6.45, 7) is 0. The number of hydrogen-bond donors (Lipinski definition) is 1. The van der Waals surface area contributed by atoms with Crippen molar-refractivity contribution in [3.63, 3.8) is 0 Å². The fourth-order valence-corrected chi connectivity index (χ4v) is 4.81. The number of rotatable bonds is 4. The molecule has 3 aromatic rings. The fourth-order valence-electron chi connectivity index (χ4n) is 4.05. The van der Waals surface area contributed by atoms with Gasteiger partial charge in [-0.1, -0.05) is 54.1 Å². The highest BCUT2D eigenvalue weighted by atomic mass is 35.5. The summed E-state index contributed by atoms with van der Waals surface area (Å²) in [6.07, 6.45) is 4.01. The Balaban J connectivity index is 1.70. The highest BCUT2D eigenvalue weighted by Gasteiger charge is 2.24. The van der Waals surface area contributed by atoms with E-state index in [1.165, 1.54) is 27.8 Å². The normalized spacial score (nSPS) is 16.0. The second kappa shape index (κ2) is 7.61. The minimum atomic E-state index is -3.27. The molecule has 0 radical (unpaired) electrons. The van der Waals surface area contributed by atoms with Gasteiger partial charge in [0.15, 0.2) is 0 Å². The molecule has 0 spiro atoms. The van der Waals surface area contributed by atoms with Gasteiger partial charge in [0, 0.05) is 16.6 Å². The first-order valence-corrected chi connectivity index (χ1v) is 11.6. The SMILES string of the molecule is CS(=O)(=O)Nc1ccc(C[C@@H]2c3ccccc3CCc3cc(Cl)ccc32)cc1. The monoisotopic (exact) mass is 411 g/mol. The number of halogens is 1. The smallest absolute Gasteiger partial charge is 0.229 e. The molecule has 0 saturated heterocycles. The van der Waals surface area contributed by atoms with Gasteiger partial charge in [-0.3, -0.25) is 4.72 Å². The Morgan fingerprint density at radius 3 is 2.36 bits per heavy atom. The Morgan fingerprint density at radius 2 is 1.61 bits per heavy atom. The number of nitrogens with one attached hydrogen (secondary N) is 1. The molecule has 144 valence electrons. The van der Waals surface area contributed by atoms with Gasteiger partial charge in [-0.25, -0.2) is 8.42 Å². The Kier molecular flexibility index (Phi) is 5.17. The lowest BCUT2D eigenvalue weighted by Gasteiger charge is -2.21. The topological polar surface area (TPSA) is 46.2 Å². The molecule has 0 heterocycles. The molecule has 1 aliphatic rings. The van der Waals surface area contributed by atoms with E-state index >= 15 is 0 Å². The van der Waals surface area contributed by atoms with Crippen molar-refractivity contribution in [2.75, 3.05) is 11.0 Å². The van der Waals surface area contributed by atoms with Crippen molar-refractivity contribution in [2.45, 2.75) is 25.2 Å². The van der Waals surface area contributed by atoms with Crippen LogP contribution < -0.4 is 4.72 Å². The van der Waals surface area contributed by atoms with E-state index in [0.29, 0.717) is 5.69 Å². The van der Waals surface area contributed by atoms with Crippen LogP contribution in [0.4, 0.5) is 5.69 Å². The van der Waals surface area contributed by atoms with E-state index in [2.05, 4.69) is 41.1 Å². The molecule has 1 atom stereocenters. The van der Waals surface area contributed by atoms with Crippen molar-refractivity contribution in [3.05, 3.63) is 99.6 Å². The van der Waals surface area contributed by atoms with Crippen LogP contribution in [-0.2, 0) is 29.3 Å². The Labute approximate surface area is 171 Å². The zero-order valence-corrected chi connectivity index (χ0v) is 17.2. The summed E-state index contributed by atoms with van der Waals surface area (Å²) in [5.41, 5.74) is 7.13. The van der Waals surface area contributed by atoms with Crippen LogP contribution in [0.15, 0.2) is 66.7 Å². The number of sulfonamides is 1. The number of hydrogen-bond acceptors (Lipinski definition) is 2. The molecule has 4 rings (SSSR count). The molecule has 5 heteroatoms. The number of aryl methyl sites for hydroxylation is 2. The van der Waals surface area contributed by atoms with Gasteiger partial charge in [0.2, 0.25) is 10.0 Å². The molecule has 3 aromatic carbocycles. The number of benzene rings is 3. The maximum absolute atomic E-state index is 11.4. The van der Waals surface area contributed by atoms with E-state index in [1.54, 1.807) is 0 Å². The van der Waals surface area contributed by atoms with Gasteiger partial charge in [0.1, 0.15) is 0 Å². The fraction of sp³-hybridized carbons (Fsp3) is 0.217. The van der Waals surface area contributed by atoms with Gasteiger partial charge in [-0.05, 0) is 71.3 Å². The Morgan fingerprint density at radius 1 is 0.929 bits per heavy atom. The van der Waals surface area contributed by atoms with Crippen LogP contribution in [0.25, 0.3) is 0 Å². The van der Waals surface area contributed by atoms with Crippen LogP contribution in [0, 0.1) is 0 Å². The Hall–Kier alpha value is -2.30. The van der Waals surface area contributed by atoms with Crippen LogP contribution in [0.2, 0.25) is 5.02 Å². The first-order chi connectivity index (χ1) is 13.4. The summed E-state index contributed by atoms with van der Waals surface area (Å²) in [5.74, 6) is 0.250. The number of fused-ring (bicyclic) bond motifs is 2. The minimum absolute atomic E-state index is 0.250. The van der Waals surface area contributed by atoms with Gasteiger partial charge in [0.05, 0.1) is 6.26 Å². The van der Waals surface area contributed by atoms with Gasteiger partial charge < -0.3 is 0 Å². The van der Waals surface area contributed by atoms with E-state index in [0.717, 1.165) is 30.5 Å². The standard InChI is InChI=1S/C23H22ClNO2S/c1-28(26,27)25-20-11-6-16(7-12-20)14-23-21-5-3-2-4-17(21)8-9-18-15-19(24)10-13-22(18)23/h2-7,10-13,15,23,25H,8-9,14H2,1H3/t23-/m1/s1. The van der Waals surface area contributed by atoms with Gasteiger partial charge in [-0.15, -0.1) is 0 Å². The molecular weight excluding hydrogens is 390 g/mol. The van der Waals surface area contributed by atoms with Crippen LogP contribution in [0.5, 0.6) is 0 Å². The van der Waals surface area contributed by atoms with Crippen LogP contribution in [-0.4, -0.2) is 14.7 Å². The second-order valence-electron chi connectivity index (χ2n) is 7.37. The van der Waals surface area contributed by atoms with Crippen molar-refractivity contribution in [1.29, 1.82) is 0 Å². The molecule has 1 N–H and O–H groups in total. The molecule has 1 aliphatic carbocycles. The third-order valence-electron chi connectivity index (χ3n) is 5.27. The highest BCUT2D eigenvalue weighted by molar-refractivity contribution is 7.92. The maximum atomic E-state index is 11.4. The summed E-state index contributed by atoms with van der Waals surface area (Å²) in [6, 6.07) is 22.5. The lowest BCUT2D eigenvalue weighted by atomic mass is 9.83. The molecule has 0 bridgehead atoms. The van der Waals surface area contributed by atoms with Crippen molar-refractivity contribution < 1.29 is 8.42 Å². The number of anilines is 1. The third-order valence-corrected chi connectivity index (χ3v) is 6.11. The minimum Gasteiger partial charge on any atom is -0.284 e. The first kappa shape index (κ1) is 19.0. The lowest BCUT2D eigenvalue weighted by Crippen LogP contribution is -2.10. The summed E-state index contributed by atoms with van der Waals surface area (Å²) in [5, 5.41) is 0.777. The van der Waals surface area contributed by atoms with Crippen LogP contribution >= 0.6 is 11.6 Å². The molecule has 0 unspecified atom stereocenters. The van der Waals surface area contributed by atoms with Crippen LogP contribution in [0.3, 0.4) is 0 Å². The first-order valence-electron chi connectivity index (χ1n) is 9.32. The summed E-state index contributed by atoms with van der Waals surface area (Å²) >= 11 is 6.26. The van der Waals surface area contributed by atoms with E-state index < -0.39 is 10.0 Å². The van der Waals surface area contributed by atoms with E-state index in [4.69, 9.17) is 11.6 Å². The van der Waals surface area contributed by atoms with Crippen molar-refractivity contribution in [2.24, 2.45) is 0 Å². The second-order valence-corrected chi connectivity index (χ2v) is 9.55. The average molecular weight is 412 g/mol. The van der Waals surface area contributed by atoms with E-state index in [-0.39, 0.29) is 5.92 Å². The van der Waals surface area contributed by atoms with Gasteiger partial charge >= 0.3 is 0 Å². The van der Waals surface area contributed by atoms with Crippen LogP contribution in [0.1, 0.15) is 33.7 Å². The molecular formula is C23H22ClNO2S. The quantitative estimate of drug-likeness (QED) is 0.642.